The van der Waals surface area contributed by atoms with E-state index < -0.39 is 0 Å². The summed E-state index contributed by atoms with van der Waals surface area (Å²) in [7, 11) is 0. The lowest BCUT2D eigenvalue weighted by Gasteiger charge is -2.16. The number of hydrogen-bond donors (Lipinski definition) is 1. The fourth-order valence-corrected chi connectivity index (χ4v) is 1.94. The second-order valence-electron chi connectivity index (χ2n) is 3.61. The number of aliphatic hydroxyl groups is 1. The average Bonchev–Trinajstić information content (AvgIpc) is 2.52. The number of benzene rings is 1. The van der Waals surface area contributed by atoms with Crippen molar-refractivity contribution in [3.05, 3.63) is 29.3 Å². The molecule has 76 valence electrons. The highest BCUT2D eigenvalue weighted by Crippen LogP contribution is 2.25. The lowest BCUT2D eigenvalue weighted by atomic mass is 10.2. The van der Waals surface area contributed by atoms with E-state index in [0.717, 1.165) is 25.0 Å². The predicted molar refractivity (Wildman–Crippen MR) is 55.7 cm³/mol. The minimum atomic E-state index is -0.325. The molecular weight excluding hydrogens is 200 g/mol. The number of halogens is 1. The Balaban J connectivity index is 2.03. The summed E-state index contributed by atoms with van der Waals surface area (Å²) in [5, 5.41) is 10.2. The first-order valence-electron chi connectivity index (χ1n) is 4.86. The van der Waals surface area contributed by atoms with Crippen molar-refractivity contribution >= 4 is 11.6 Å². The van der Waals surface area contributed by atoms with Crippen LogP contribution in [0.4, 0.5) is 0 Å². The molecule has 1 N–H and O–H groups in total. The van der Waals surface area contributed by atoms with Crippen molar-refractivity contribution in [2.75, 3.05) is 0 Å². The topological polar surface area (TPSA) is 29.5 Å². The molecule has 0 aromatic heterocycles. The van der Waals surface area contributed by atoms with E-state index >= 15 is 0 Å². The summed E-state index contributed by atoms with van der Waals surface area (Å²) in [6.45, 7) is 0. The summed E-state index contributed by atoms with van der Waals surface area (Å²) < 4.78 is 5.63. The minimum absolute atomic E-state index is 0.0616. The Kier molecular flexibility index (Phi) is 2.94. The molecule has 0 amide bonds. The van der Waals surface area contributed by atoms with Crippen molar-refractivity contribution in [3.8, 4) is 5.75 Å². The number of aliphatic hydroxyl groups excluding tert-OH is 1. The summed E-state index contributed by atoms with van der Waals surface area (Å²) in [5.41, 5.74) is 0. The van der Waals surface area contributed by atoms with E-state index in [1.54, 1.807) is 12.1 Å². The third-order valence-corrected chi connectivity index (χ3v) is 2.74. The van der Waals surface area contributed by atoms with Crippen molar-refractivity contribution in [2.45, 2.75) is 31.5 Å². The standard InChI is InChI=1S/C11H13ClO2/c12-8-3-1-4-9(7-8)14-11-6-2-5-10(11)13/h1,3-4,7,10-11,13H,2,5-6H2. The summed E-state index contributed by atoms with van der Waals surface area (Å²) >= 11 is 5.82. The van der Waals surface area contributed by atoms with Crippen LogP contribution in [0.1, 0.15) is 19.3 Å². The smallest absolute Gasteiger partial charge is 0.124 e. The van der Waals surface area contributed by atoms with E-state index in [0.29, 0.717) is 5.02 Å². The van der Waals surface area contributed by atoms with Gasteiger partial charge in [-0.25, -0.2) is 0 Å². The average molecular weight is 213 g/mol. The third kappa shape index (κ3) is 2.20. The Morgan fingerprint density at radius 2 is 2.21 bits per heavy atom. The molecule has 2 rings (SSSR count). The van der Waals surface area contributed by atoms with Gasteiger partial charge in [0.15, 0.2) is 0 Å². The predicted octanol–water partition coefficient (Wildman–Crippen LogP) is 2.63. The highest BCUT2D eigenvalue weighted by Gasteiger charge is 2.26. The van der Waals surface area contributed by atoms with Crippen LogP contribution in [0.2, 0.25) is 5.02 Å². The van der Waals surface area contributed by atoms with Gasteiger partial charge < -0.3 is 9.84 Å². The highest BCUT2D eigenvalue weighted by molar-refractivity contribution is 6.30. The maximum atomic E-state index is 9.56. The van der Waals surface area contributed by atoms with Gasteiger partial charge >= 0.3 is 0 Å². The summed E-state index contributed by atoms with van der Waals surface area (Å²) in [5.74, 6) is 0.739. The zero-order valence-corrected chi connectivity index (χ0v) is 8.57. The second-order valence-corrected chi connectivity index (χ2v) is 4.05. The zero-order valence-electron chi connectivity index (χ0n) is 7.82. The van der Waals surface area contributed by atoms with E-state index in [4.69, 9.17) is 16.3 Å². The van der Waals surface area contributed by atoms with Crippen molar-refractivity contribution in [2.24, 2.45) is 0 Å². The summed E-state index contributed by atoms with van der Waals surface area (Å²) in [6.07, 6.45) is 2.41. The molecular formula is C11H13ClO2. The molecule has 0 aliphatic heterocycles. The van der Waals surface area contributed by atoms with Crippen LogP contribution in [0, 0.1) is 0 Å². The maximum Gasteiger partial charge on any atom is 0.124 e. The molecule has 2 unspecified atom stereocenters. The molecule has 1 aliphatic carbocycles. The molecule has 1 fully saturated rings. The monoisotopic (exact) mass is 212 g/mol. The Labute approximate surface area is 88.5 Å². The van der Waals surface area contributed by atoms with Crippen molar-refractivity contribution in [1.82, 2.24) is 0 Å². The van der Waals surface area contributed by atoms with E-state index in [-0.39, 0.29) is 12.2 Å². The van der Waals surface area contributed by atoms with Crippen LogP contribution < -0.4 is 4.74 Å². The van der Waals surface area contributed by atoms with E-state index in [9.17, 15) is 5.11 Å². The van der Waals surface area contributed by atoms with Crippen molar-refractivity contribution in [1.29, 1.82) is 0 Å². The lowest BCUT2D eigenvalue weighted by Crippen LogP contribution is -2.25. The van der Waals surface area contributed by atoms with Gasteiger partial charge in [0.25, 0.3) is 0 Å². The minimum Gasteiger partial charge on any atom is -0.488 e. The quantitative estimate of drug-likeness (QED) is 0.817. The SMILES string of the molecule is OC1CCCC1Oc1cccc(Cl)c1. The second kappa shape index (κ2) is 4.20. The van der Waals surface area contributed by atoms with Crippen LogP contribution in [0.15, 0.2) is 24.3 Å². The van der Waals surface area contributed by atoms with Crippen molar-refractivity contribution in [3.63, 3.8) is 0 Å². The molecule has 1 aromatic carbocycles. The van der Waals surface area contributed by atoms with Gasteiger partial charge in [0.05, 0.1) is 6.10 Å². The van der Waals surface area contributed by atoms with Gasteiger partial charge in [-0.2, -0.15) is 0 Å². The van der Waals surface area contributed by atoms with Gasteiger partial charge in [-0.05, 0) is 37.5 Å². The Morgan fingerprint density at radius 1 is 1.36 bits per heavy atom. The molecule has 1 aliphatic rings. The number of ether oxygens (including phenoxy) is 1. The molecule has 0 spiro atoms. The third-order valence-electron chi connectivity index (χ3n) is 2.50. The number of rotatable bonds is 2. The fourth-order valence-electron chi connectivity index (χ4n) is 1.76. The zero-order chi connectivity index (χ0) is 9.97. The van der Waals surface area contributed by atoms with Crippen LogP contribution in [0.5, 0.6) is 5.75 Å². The Morgan fingerprint density at radius 3 is 2.86 bits per heavy atom. The molecule has 1 aromatic rings. The Bertz CT molecular complexity index is 314. The van der Waals surface area contributed by atoms with Crippen LogP contribution >= 0.6 is 11.6 Å². The van der Waals surface area contributed by atoms with Gasteiger partial charge in [0, 0.05) is 5.02 Å². The van der Waals surface area contributed by atoms with Gasteiger partial charge in [-0.15, -0.1) is 0 Å². The largest absolute Gasteiger partial charge is 0.488 e. The molecule has 14 heavy (non-hydrogen) atoms. The van der Waals surface area contributed by atoms with E-state index in [1.165, 1.54) is 0 Å². The number of hydrogen-bond acceptors (Lipinski definition) is 2. The first-order valence-corrected chi connectivity index (χ1v) is 5.24. The van der Waals surface area contributed by atoms with Crippen molar-refractivity contribution < 1.29 is 9.84 Å². The molecule has 2 nitrogen and oxygen atoms in total. The summed E-state index contributed by atoms with van der Waals surface area (Å²) in [6, 6.07) is 7.28. The fraction of sp³-hybridized carbons (Fsp3) is 0.455. The molecule has 0 radical (unpaired) electrons. The molecule has 0 bridgehead atoms. The maximum absolute atomic E-state index is 9.56. The lowest BCUT2D eigenvalue weighted by molar-refractivity contribution is 0.0604. The summed E-state index contributed by atoms with van der Waals surface area (Å²) in [4.78, 5) is 0. The first kappa shape index (κ1) is 9.81. The van der Waals surface area contributed by atoms with Gasteiger partial charge in [0.2, 0.25) is 0 Å². The molecule has 0 saturated heterocycles. The Hall–Kier alpha value is -0.730. The van der Waals surface area contributed by atoms with Gasteiger partial charge in [-0.3, -0.25) is 0 Å². The van der Waals surface area contributed by atoms with Crippen LogP contribution in [-0.4, -0.2) is 17.3 Å². The first-order chi connectivity index (χ1) is 6.75. The van der Waals surface area contributed by atoms with Gasteiger partial charge in [-0.1, -0.05) is 17.7 Å². The normalized spacial score (nSPS) is 26.4. The van der Waals surface area contributed by atoms with Crippen LogP contribution in [0.3, 0.4) is 0 Å². The van der Waals surface area contributed by atoms with Crippen LogP contribution in [-0.2, 0) is 0 Å². The molecule has 0 heterocycles. The van der Waals surface area contributed by atoms with E-state index in [2.05, 4.69) is 0 Å². The molecule has 3 heteroatoms. The van der Waals surface area contributed by atoms with Crippen LogP contribution in [0.25, 0.3) is 0 Å². The molecule has 1 saturated carbocycles. The van der Waals surface area contributed by atoms with Gasteiger partial charge in [0.1, 0.15) is 11.9 Å². The highest BCUT2D eigenvalue weighted by atomic mass is 35.5. The molecule has 2 atom stereocenters. The van der Waals surface area contributed by atoms with E-state index in [1.807, 2.05) is 12.1 Å².